The molecule has 1 aliphatic rings. The normalized spacial score (nSPS) is 22.8. The van der Waals surface area contributed by atoms with E-state index in [9.17, 15) is 9.59 Å². The summed E-state index contributed by atoms with van der Waals surface area (Å²) in [5.74, 6) is -0.350. The number of carboxylic acid groups (broad SMARTS) is 1. The highest BCUT2D eigenvalue weighted by molar-refractivity contribution is 5.94. The van der Waals surface area contributed by atoms with Gasteiger partial charge in [0.25, 0.3) is 0 Å². The number of nitrogens with one attached hydrogen (secondary N) is 1. The van der Waals surface area contributed by atoms with E-state index in [-0.39, 0.29) is 17.4 Å². The zero-order valence-electron chi connectivity index (χ0n) is 10.9. The van der Waals surface area contributed by atoms with E-state index in [0.717, 1.165) is 25.7 Å². The molecular weight excluding hydrogens is 244 g/mol. The largest absolute Gasteiger partial charge is 0.478 e. The molecule has 1 aromatic heterocycles. The number of amides is 1. The molecule has 2 rings (SSSR count). The predicted molar refractivity (Wildman–Crippen MR) is 70.9 cm³/mol. The molecule has 2 N–H and O–H groups in total. The molecule has 0 saturated heterocycles. The minimum Gasteiger partial charge on any atom is -0.478 e. The topological polar surface area (TPSA) is 79.3 Å². The van der Waals surface area contributed by atoms with Crippen molar-refractivity contribution in [1.82, 2.24) is 4.98 Å². The summed E-state index contributed by atoms with van der Waals surface area (Å²) < 4.78 is 0. The number of carbonyl (C=O) groups is 2. The third-order valence-electron chi connectivity index (χ3n) is 3.64. The lowest BCUT2D eigenvalue weighted by atomic mass is 9.82. The number of aromatic nitrogens is 1. The van der Waals surface area contributed by atoms with Crippen LogP contribution in [-0.2, 0) is 4.79 Å². The number of pyridine rings is 1. The maximum Gasteiger partial charge on any atom is 0.337 e. The molecule has 102 valence electrons. The second-order valence-corrected chi connectivity index (χ2v) is 5.21. The Labute approximate surface area is 112 Å². The first-order valence-electron chi connectivity index (χ1n) is 6.55. The Morgan fingerprint density at radius 1 is 1.26 bits per heavy atom. The number of aromatic carboxylic acids is 1. The van der Waals surface area contributed by atoms with Gasteiger partial charge >= 0.3 is 5.97 Å². The van der Waals surface area contributed by atoms with Crippen LogP contribution in [0.3, 0.4) is 0 Å². The van der Waals surface area contributed by atoms with Gasteiger partial charge in [-0.1, -0.05) is 6.92 Å². The van der Waals surface area contributed by atoms with Crippen LogP contribution in [0.5, 0.6) is 0 Å². The van der Waals surface area contributed by atoms with Crippen LogP contribution in [0.15, 0.2) is 18.5 Å². The summed E-state index contributed by atoms with van der Waals surface area (Å²) in [5, 5.41) is 11.6. The Hall–Kier alpha value is -1.91. The third-order valence-corrected chi connectivity index (χ3v) is 3.64. The number of anilines is 1. The summed E-state index contributed by atoms with van der Waals surface area (Å²) in [6, 6.07) is 1.43. The van der Waals surface area contributed by atoms with E-state index in [4.69, 9.17) is 5.11 Å². The molecule has 0 aliphatic heterocycles. The van der Waals surface area contributed by atoms with Crippen molar-refractivity contribution in [2.75, 3.05) is 5.32 Å². The highest BCUT2D eigenvalue weighted by atomic mass is 16.4. The van der Waals surface area contributed by atoms with E-state index in [1.54, 1.807) is 0 Å². The standard InChI is InChI=1S/C14H18N2O3/c1-9-2-4-10(5-3-9)13(17)16-12-6-11(14(18)19)7-15-8-12/h6-10H,2-5H2,1H3,(H,16,17)(H,18,19). The quantitative estimate of drug-likeness (QED) is 0.877. The van der Waals surface area contributed by atoms with Crippen molar-refractivity contribution >= 4 is 17.6 Å². The predicted octanol–water partition coefficient (Wildman–Crippen LogP) is 2.54. The molecule has 5 heteroatoms. The summed E-state index contributed by atoms with van der Waals surface area (Å²) in [5.41, 5.74) is 0.526. The highest BCUT2D eigenvalue weighted by Crippen LogP contribution is 2.29. The van der Waals surface area contributed by atoms with Crippen molar-refractivity contribution in [3.8, 4) is 0 Å². The van der Waals surface area contributed by atoms with E-state index in [1.165, 1.54) is 18.5 Å². The number of nitrogens with zero attached hydrogens (tertiary/aromatic N) is 1. The molecule has 1 amide bonds. The van der Waals surface area contributed by atoms with E-state index in [1.807, 2.05) is 0 Å². The Kier molecular flexibility index (Phi) is 4.14. The van der Waals surface area contributed by atoms with Crippen LogP contribution in [0, 0.1) is 11.8 Å². The zero-order valence-corrected chi connectivity index (χ0v) is 10.9. The van der Waals surface area contributed by atoms with Crippen LogP contribution in [0.1, 0.15) is 43.0 Å². The van der Waals surface area contributed by atoms with E-state index < -0.39 is 5.97 Å². The second-order valence-electron chi connectivity index (χ2n) is 5.21. The van der Waals surface area contributed by atoms with Crippen molar-refractivity contribution in [3.63, 3.8) is 0 Å². The lowest BCUT2D eigenvalue weighted by Gasteiger charge is -2.25. The van der Waals surface area contributed by atoms with Crippen LogP contribution in [0.2, 0.25) is 0 Å². The molecule has 1 fully saturated rings. The summed E-state index contributed by atoms with van der Waals surface area (Å²) in [6.07, 6.45) is 6.69. The molecule has 0 bridgehead atoms. The Morgan fingerprint density at radius 2 is 1.95 bits per heavy atom. The molecule has 0 atom stereocenters. The first kappa shape index (κ1) is 13.5. The highest BCUT2D eigenvalue weighted by Gasteiger charge is 2.24. The first-order chi connectivity index (χ1) is 9.06. The smallest absolute Gasteiger partial charge is 0.337 e. The molecule has 1 aromatic rings. The van der Waals surface area contributed by atoms with Crippen molar-refractivity contribution in [1.29, 1.82) is 0 Å². The monoisotopic (exact) mass is 262 g/mol. The minimum absolute atomic E-state index is 0.0313. The number of hydrogen-bond acceptors (Lipinski definition) is 3. The van der Waals surface area contributed by atoms with Crippen molar-refractivity contribution in [2.45, 2.75) is 32.6 Å². The van der Waals surface area contributed by atoms with Gasteiger partial charge in [0.1, 0.15) is 0 Å². The fourth-order valence-electron chi connectivity index (χ4n) is 2.39. The van der Waals surface area contributed by atoms with Gasteiger partial charge in [-0.2, -0.15) is 0 Å². The van der Waals surface area contributed by atoms with Crippen molar-refractivity contribution in [2.24, 2.45) is 11.8 Å². The molecule has 19 heavy (non-hydrogen) atoms. The molecule has 1 saturated carbocycles. The molecule has 0 unspecified atom stereocenters. The van der Waals surface area contributed by atoms with Gasteiger partial charge in [-0.25, -0.2) is 4.79 Å². The molecule has 5 nitrogen and oxygen atoms in total. The lowest BCUT2D eigenvalue weighted by molar-refractivity contribution is -0.121. The Balaban J connectivity index is 1.98. The summed E-state index contributed by atoms with van der Waals surface area (Å²) in [4.78, 5) is 26.7. The number of carboxylic acids is 1. The van der Waals surface area contributed by atoms with Gasteiger partial charge in [0.05, 0.1) is 17.4 Å². The Morgan fingerprint density at radius 3 is 2.58 bits per heavy atom. The van der Waals surface area contributed by atoms with Crippen LogP contribution >= 0.6 is 0 Å². The number of rotatable bonds is 3. The van der Waals surface area contributed by atoms with Gasteiger partial charge in [-0.15, -0.1) is 0 Å². The van der Waals surface area contributed by atoms with Gasteiger partial charge in [-0.3, -0.25) is 9.78 Å². The van der Waals surface area contributed by atoms with Gasteiger partial charge in [0.2, 0.25) is 5.91 Å². The SMILES string of the molecule is CC1CCC(C(=O)Nc2cncc(C(=O)O)c2)CC1. The first-order valence-corrected chi connectivity index (χ1v) is 6.55. The van der Waals surface area contributed by atoms with Gasteiger partial charge < -0.3 is 10.4 Å². The average Bonchev–Trinajstić information content (AvgIpc) is 2.39. The minimum atomic E-state index is -1.05. The van der Waals surface area contributed by atoms with Crippen molar-refractivity contribution < 1.29 is 14.7 Å². The van der Waals surface area contributed by atoms with Crippen molar-refractivity contribution in [3.05, 3.63) is 24.0 Å². The number of hydrogen-bond donors (Lipinski definition) is 2. The maximum absolute atomic E-state index is 12.1. The number of carbonyl (C=O) groups excluding carboxylic acids is 1. The summed E-state index contributed by atoms with van der Waals surface area (Å²) in [7, 11) is 0. The third kappa shape index (κ3) is 3.53. The fourth-order valence-corrected chi connectivity index (χ4v) is 2.39. The van der Waals surface area contributed by atoms with E-state index >= 15 is 0 Å². The molecule has 0 spiro atoms. The molecule has 1 heterocycles. The van der Waals surface area contributed by atoms with Crippen LogP contribution in [0.4, 0.5) is 5.69 Å². The molecular formula is C14H18N2O3. The van der Waals surface area contributed by atoms with E-state index in [2.05, 4.69) is 17.2 Å². The Bertz CT molecular complexity index is 479. The summed E-state index contributed by atoms with van der Waals surface area (Å²) >= 11 is 0. The van der Waals surface area contributed by atoms with Gasteiger partial charge in [-0.05, 0) is 37.7 Å². The zero-order chi connectivity index (χ0) is 13.8. The van der Waals surface area contributed by atoms with Gasteiger partial charge in [0.15, 0.2) is 0 Å². The molecule has 0 radical (unpaired) electrons. The molecule has 0 aromatic carbocycles. The fraction of sp³-hybridized carbons (Fsp3) is 0.500. The van der Waals surface area contributed by atoms with Crippen LogP contribution < -0.4 is 5.32 Å². The average molecular weight is 262 g/mol. The van der Waals surface area contributed by atoms with Crippen LogP contribution in [0.25, 0.3) is 0 Å². The maximum atomic E-state index is 12.1. The van der Waals surface area contributed by atoms with Crippen LogP contribution in [-0.4, -0.2) is 22.0 Å². The summed E-state index contributed by atoms with van der Waals surface area (Å²) in [6.45, 7) is 2.20. The molecule has 1 aliphatic carbocycles. The van der Waals surface area contributed by atoms with E-state index in [0.29, 0.717) is 11.6 Å². The lowest BCUT2D eigenvalue weighted by Crippen LogP contribution is -2.26. The second kappa shape index (κ2) is 5.82. The van der Waals surface area contributed by atoms with Gasteiger partial charge in [0, 0.05) is 12.1 Å².